The second-order valence-corrected chi connectivity index (χ2v) is 7.51. The first-order valence-electron chi connectivity index (χ1n) is 9.74. The van der Waals surface area contributed by atoms with Crippen molar-refractivity contribution in [1.82, 2.24) is 14.8 Å². The molecule has 2 heterocycles. The van der Waals surface area contributed by atoms with Gasteiger partial charge in [-0.25, -0.2) is 0 Å². The van der Waals surface area contributed by atoms with E-state index in [-0.39, 0.29) is 11.7 Å². The third-order valence-electron chi connectivity index (χ3n) is 5.21. The molecule has 3 rings (SSSR count). The van der Waals surface area contributed by atoms with E-state index in [0.717, 1.165) is 19.6 Å². The van der Waals surface area contributed by atoms with Crippen LogP contribution in [-0.2, 0) is 0 Å². The van der Waals surface area contributed by atoms with Crippen molar-refractivity contribution < 1.29 is 15.1 Å². The number of piperidine rings is 1. The van der Waals surface area contributed by atoms with E-state index in [9.17, 15) is 20.3 Å². The molecular weight excluding hydrogens is 360 g/mol. The molecule has 1 saturated heterocycles. The van der Waals surface area contributed by atoms with Gasteiger partial charge in [-0.3, -0.25) is 10.1 Å². The molecule has 0 unspecified atom stereocenters. The molecule has 0 radical (unpaired) electrons. The van der Waals surface area contributed by atoms with Crippen molar-refractivity contribution in [3.8, 4) is 0 Å². The number of aromatic nitrogens is 1. The minimum absolute atomic E-state index is 0.0141. The number of benzene rings is 1. The van der Waals surface area contributed by atoms with Crippen LogP contribution in [0.2, 0.25) is 0 Å². The standard InChI is InChI=1S/C20H28N4O4/c1-14(2)23-13-17(16-7-6-15(24(27)28)12-18(16)23)19(25)20(26)21-8-11-22-9-4-3-5-10-22/h6-7,12-14,21,25-26H,3-5,8-11H2,1-2H3/p-1. The van der Waals surface area contributed by atoms with E-state index in [4.69, 9.17) is 0 Å². The third kappa shape index (κ3) is 4.22. The SMILES string of the molecule is CC(C)n1cc(C([O-])=C(O)NCCN2CCCCC2)c2ccc([N+](=O)[O-])cc21. The molecular formula is C20H27N4O4-. The molecule has 152 valence electrons. The van der Waals surface area contributed by atoms with E-state index in [1.54, 1.807) is 12.3 Å². The molecule has 1 aromatic carbocycles. The average molecular weight is 387 g/mol. The van der Waals surface area contributed by atoms with Crippen molar-refractivity contribution in [2.45, 2.75) is 39.2 Å². The van der Waals surface area contributed by atoms with Crippen LogP contribution in [0.5, 0.6) is 0 Å². The molecule has 1 fully saturated rings. The zero-order valence-corrected chi connectivity index (χ0v) is 16.4. The molecule has 2 aromatic rings. The molecule has 0 atom stereocenters. The minimum Gasteiger partial charge on any atom is -0.868 e. The summed E-state index contributed by atoms with van der Waals surface area (Å²) in [5, 5.41) is 37.6. The number of non-ortho nitro benzene ring substituents is 1. The van der Waals surface area contributed by atoms with E-state index in [2.05, 4.69) is 10.2 Å². The Kier molecular flexibility index (Phi) is 6.08. The van der Waals surface area contributed by atoms with Crippen molar-refractivity contribution >= 4 is 22.3 Å². The van der Waals surface area contributed by atoms with Gasteiger partial charge in [-0.15, -0.1) is 0 Å². The lowest BCUT2D eigenvalue weighted by molar-refractivity contribution is -0.384. The van der Waals surface area contributed by atoms with Crippen LogP contribution >= 0.6 is 0 Å². The lowest BCUT2D eigenvalue weighted by atomic mass is 10.1. The van der Waals surface area contributed by atoms with Gasteiger partial charge in [0, 0.05) is 42.8 Å². The van der Waals surface area contributed by atoms with Crippen LogP contribution < -0.4 is 10.4 Å². The van der Waals surface area contributed by atoms with E-state index in [1.165, 1.54) is 31.4 Å². The van der Waals surface area contributed by atoms with Crippen LogP contribution in [0.3, 0.4) is 0 Å². The summed E-state index contributed by atoms with van der Waals surface area (Å²) >= 11 is 0. The predicted octanol–water partition coefficient (Wildman–Crippen LogP) is 2.75. The Bertz CT molecular complexity index is 882. The number of nitro groups is 1. The number of aliphatic hydroxyl groups is 1. The fourth-order valence-corrected chi connectivity index (χ4v) is 3.68. The number of likely N-dealkylation sites (tertiary alicyclic amines) is 1. The van der Waals surface area contributed by atoms with Crippen molar-refractivity contribution in [1.29, 1.82) is 0 Å². The zero-order chi connectivity index (χ0) is 20.3. The van der Waals surface area contributed by atoms with Gasteiger partial charge in [-0.05, 0) is 57.2 Å². The van der Waals surface area contributed by atoms with Gasteiger partial charge < -0.3 is 25.0 Å². The Hall–Kier alpha value is -2.74. The molecule has 0 aliphatic carbocycles. The molecule has 1 aliphatic rings. The number of nitro benzene ring substituents is 1. The average Bonchev–Trinajstić information content (AvgIpc) is 3.07. The number of rotatable bonds is 7. The minimum atomic E-state index is -0.503. The first kappa shape index (κ1) is 20.0. The highest BCUT2D eigenvalue weighted by Crippen LogP contribution is 2.31. The largest absolute Gasteiger partial charge is 0.868 e. The van der Waals surface area contributed by atoms with Gasteiger partial charge in [0.25, 0.3) is 5.69 Å². The Morgan fingerprint density at radius 1 is 1.29 bits per heavy atom. The number of nitrogens with one attached hydrogen (secondary N) is 1. The van der Waals surface area contributed by atoms with Crippen LogP contribution in [0.1, 0.15) is 44.7 Å². The number of nitrogens with zero attached hydrogens (tertiary/aromatic N) is 3. The summed E-state index contributed by atoms with van der Waals surface area (Å²) in [7, 11) is 0. The maximum absolute atomic E-state index is 12.8. The number of hydrogen-bond acceptors (Lipinski definition) is 6. The molecule has 0 saturated carbocycles. The van der Waals surface area contributed by atoms with Crippen molar-refractivity contribution in [2.75, 3.05) is 26.2 Å². The van der Waals surface area contributed by atoms with E-state index in [1.807, 2.05) is 18.4 Å². The molecule has 8 nitrogen and oxygen atoms in total. The van der Waals surface area contributed by atoms with Gasteiger partial charge in [0.2, 0.25) is 0 Å². The summed E-state index contributed by atoms with van der Waals surface area (Å²) in [5.74, 6) is -0.893. The maximum Gasteiger partial charge on any atom is 0.271 e. The number of hydrogen-bond donors (Lipinski definition) is 2. The Morgan fingerprint density at radius 3 is 2.64 bits per heavy atom. The Morgan fingerprint density at radius 2 is 2.00 bits per heavy atom. The van der Waals surface area contributed by atoms with Crippen LogP contribution in [0.15, 0.2) is 30.3 Å². The number of fused-ring (bicyclic) bond motifs is 1. The summed E-state index contributed by atoms with van der Waals surface area (Å²) in [6.45, 7) is 7.25. The lowest BCUT2D eigenvalue weighted by Gasteiger charge is -2.26. The van der Waals surface area contributed by atoms with Crippen LogP contribution in [-0.4, -0.2) is 45.7 Å². The molecule has 0 bridgehead atoms. The van der Waals surface area contributed by atoms with Crippen molar-refractivity contribution in [3.05, 3.63) is 46.0 Å². The summed E-state index contributed by atoms with van der Waals surface area (Å²) in [5.41, 5.74) is 0.912. The van der Waals surface area contributed by atoms with E-state index >= 15 is 0 Å². The highest BCUT2D eigenvalue weighted by molar-refractivity contribution is 5.92. The monoisotopic (exact) mass is 387 g/mol. The molecule has 1 aliphatic heterocycles. The number of aliphatic hydroxyl groups excluding tert-OH is 1. The van der Waals surface area contributed by atoms with Crippen LogP contribution in [0.4, 0.5) is 5.69 Å². The predicted molar refractivity (Wildman–Crippen MR) is 107 cm³/mol. The van der Waals surface area contributed by atoms with E-state index < -0.39 is 16.6 Å². The first-order chi connectivity index (χ1) is 13.4. The fraction of sp³-hybridized carbons (Fsp3) is 0.500. The topological polar surface area (TPSA) is 107 Å². The Labute approximate surface area is 164 Å². The molecule has 8 heteroatoms. The normalized spacial score (nSPS) is 16.4. The fourth-order valence-electron chi connectivity index (χ4n) is 3.68. The zero-order valence-electron chi connectivity index (χ0n) is 16.4. The second-order valence-electron chi connectivity index (χ2n) is 7.51. The molecule has 28 heavy (non-hydrogen) atoms. The van der Waals surface area contributed by atoms with E-state index in [0.29, 0.717) is 23.0 Å². The molecule has 1 aromatic heterocycles. The molecule has 0 spiro atoms. The second kappa shape index (κ2) is 8.52. The van der Waals surface area contributed by atoms with Crippen LogP contribution in [0, 0.1) is 10.1 Å². The summed E-state index contributed by atoms with van der Waals surface area (Å²) in [6.07, 6.45) is 5.30. The highest BCUT2D eigenvalue weighted by Gasteiger charge is 2.16. The quantitative estimate of drug-likeness (QED) is 0.430. The first-order valence-corrected chi connectivity index (χ1v) is 9.74. The third-order valence-corrected chi connectivity index (χ3v) is 5.21. The lowest BCUT2D eigenvalue weighted by Crippen LogP contribution is -2.36. The van der Waals surface area contributed by atoms with Gasteiger partial charge in [0.05, 0.1) is 10.4 Å². The smallest absolute Gasteiger partial charge is 0.271 e. The summed E-state index contributed by atoms with van der Waals surface area (Å²) < 4.78 is 1.82. The van der Waals surface area contributed by atoms with Gasteiger partial charge in [0.15, 0.2) is 5.88 Å². The molecule has 0 amide bonds. The van der Waals surface area contributed by atoms with Crippen LogP contribution in [0.25, 0.3) is 16.7 Å². The van der Waals surface area contributed by atoms with Crippen molar-refractivity contribution in [3.63, 3.8) is 0 Å². The van der Waals surface area contributed by atoms with Gasteiger partial charge in [-0.2, -0.15) is 0 Å². The molecule has 2 N–H and O–H groups in total. The summed E-state index contributed by atoms with van der Waals surface area (Å²) in [6, 6.07) is 4.43. The summed E-state index contributed by atoms with van der Waals surface area (Å²) in [4.78, 5) is 13.0. The maximum atomic E-state index is 12.8. The van der Waals surface area contributed by atoms with Gasteiger partial charge in [-0.1, -0.05) is 6.42 Å². The highest BCUT2D eigenvalue weighted by atomic mass is 16.6. The van der Waals surface area contributed by atoms with Gasteiger partial charge >= 0.3 is 0 Å². The van der Waals surface area contributed by atoms with Gasteiger partial charge in [0.1, 0.15) is 0 Å². The van der Waals surface area contributed by atoms with Crippen molar-refractivity contribution in [2.24, 2.45) is 0 Å². The Balaban J connectivity index is 1.84.